The molecule has 1 atom stereocenters. The van der Waals surface area contributed by atoms with Crippen LogP contribution in [0.15, 0.2) is 71.3 Å². The topological polar surface area (TPSA) is 77.4 Å². The first kappa shape index (κ1) is 22.9. The Balaban J connectivity index is 1.72. The van der Waals surface area contributed by atoms with Gasteiger partial charge in [-0.3, -0.25) is 10.1 Å². The molecule has 1 aromatic heterocycles. The summed E-state index contributed by atoms with van der Waals surface area (Å²) in [6, 6.07) is 19.7. The molecule has 0 aliphatic heterocycles. The van der Waals surface area contributed by atoms with Crippen molar-refractivity contribution < 1.29 is 14.4 Å². The third-order valence-electron chi connectivity index (χ3n) is 5.57. The van der Waals surface area contributed by atoms with E-state index in [0.717, 1.165) is 27.6 Å². The van der Waals surface area contributed by atoms with E-state index in [4.69, 9.17) is 9.47 Å². The highest BCUT2D eigenvalue weighted by molar-refractivity contribution is 9.10. The van der Waals surface area contributed by atoms with E-state index < -0.39 is 5.92 Å². The molecule has 0 radical (unpaired) electrons. The number of benzene rings is 3. The van der Waals surface area contributed by atoms with Crippen LogP contribution in [0.4, 0.5) is 0 Å². The first-order chi connectivity index (χ1) is 16.0. The Morgan fingerprint density at radius 1 is 1.09 bits per heavy atom. The summed E-state index contributed by atoms with van der Waals surface area (Å²) in [5.41, 5.74) is 4.85. The Labute approximate surface area is 200 Å². The highest BCUT2D eigenvalue weighted by Gasteiger charge is 2.26. The molecule has 0 aliphatic carbocycles. The quantitative estimate of drug-likeness (QED) is 0.203. The Bertz CT molecular complexity index is 1270. The lowest BCUT2D eigenvalue weighted by molar-refractivity contribution is -0.481. The number of nitro groups is 1. The van der Waals surface area contributed by atoms with Crippen molar-refractivity contribution in [1.82, 2.24) is 4.98 Å². The number of nitrogens with one attached hydrogen (secondary N) is 1. The largest absolute Gasteiger partial charge is 0.490 e. The van der Waals surface area contributed by atoms with E-state index >= 15 is 0 Å². The van der Waals surface area contributed by atoms with Gasteiger partial charge in [0.2, 0.25) is 6.54 Å². The van der Waals surface area contributed by atoms with Gasteiger partial charge in [-0.1, -0.05) is 48.0 Å². The molecular weight excluding hydrogens is 484 g/mol. The average molecular weight is 509 g/mol. The second-order valence-corrected chi connectivity index (χ2v) is 8.75. The van der Waals surface area contributed by atoms with Gasteiger partial charge in [0.25, 0.3) is 0 Å². The number of nitrogens with zero attached hydrogens (tertiary/aromatic N) is 1. The van der Waals surface area contributed by atoms with Gasteiger partial charge in [-0.25, -0.2) is 0 Å². The van der Waals surface area contributed by atoms with Crippen molar-refractivity contribution in [3.63, 3.8) is 0 Å². The predicted molar refractivity (Wildman–Crippen MR) is 133 cm³/mol. The molecule has 0 amide bonds. The number of aromatic nitrogens is 1. The third-order valence-corrected chi connectivity index (χ3v) is 6.16. The lowest BCUT2D eigenvalue weighted by atomic mass is 9.90. The molecule has 0 saturated carbocycles. The summed E-state index contributed by atoms with van der Waals surface area (Å²) in [5.74, 6) is 0.694. The van der Waals surface area contributed by atoms with Gasteiger partial charge in [-0.05, 0) is 64.7 Å². The van der Waals surface area contributed by atoms with Crippen LogP contribution in [0.5, 0.6) is 11.5 Å². The summed E-state index contributed by atoms with van der Waals surface area (Å²) >= 11 is 3.62. The first-order valence-electron chi connectivity index (χ1n) is 10.8. The number of H-pyrrole nitrogens is 1. The minimum absolute atomic E-state index is 0.233. The number of aryl methyl sites for hydroxylation is 1. The van der Waals surface area contributed by atoms with Crippen molar-refractivity contribution in [2.45, 2.75) is 26.4 Å². The molecule has 4 aromatic rings. The molecule has 0 saturated heterocycles. The van der Waals surface area contributed by atoms with Crippen molar-refractivity contribution in [3.8, 4) is 11.5 Å². The number of rotatable bonds is 9. The number of aromatic amines is 1. The summed E-state index contributed by atoms with van der Waals surface area (Å²) in [5, 5.41) is 12.6. The zero-order valence-electron chi connectivity index (χ0n) is 18.5. The molecule has 0 bridgehead atoms. The Hall–Kier alpha value is -3.32. The van der Waals surface area contributed by atoms with Crippen molar-refractivity contribution >= 4 is 26.8 Å². The van der Waals surface area contributed by atoms with Gasteiger partial charge < -0.3 is 14.5 Å². The molecule has 33 heavy (non-hydrogen) atoms. The smallest absolute Gasteiger partial charge is 0.214 e. The minimum atomic E-state index is -0.446. The maximum atomic E-state index is 11.6. The molecule has 170 valence electrons. The second-order valence-electron chi connectivity index (χ2n) is 7.89. The Morgan fingerprint density at radius 2 is 1.85 bits per heavy atom. The zero-order valence-corrected chi connectivity index (χ0v) is 20.1. The highest BCUT2D eigenvalue weighted by Crippen LogP contribution is 2.41. The number of halogens is 1. The third kappa shape index (κ3) is 5.20. The van der Waals surface area contributed by atoms with E-state index in [0.29, 0.717) is 29.2 Å². The van der Waals surface area contributed by atoms with Crippen molar-refractivity contribution in [3.05, 3.63) is 104 Å². The van der Waals surface area contributed by atoms with E-state index in [2.05, 4.69) is 20.9 Å². The van der Waals surface area contributed by atoms with Crippen LogP contribution in [-0.2, 0) is 6.61 Å². The van der Waals surface area contributed by atoms with Gasteiger partial charge in [-0.15, -0.1) is 0 Å². The lowest BCUT2D eigenvalue weighted by Gasteiger charge is -2.19. The molecule has 0 spiro atoms. The molecule has 0 unspecified atom stereocenters. The normalized spacial score (nSPS) is 12.0. The molecule has 1 heterocycles. The Kier molecular flexibility index (Phi) is 6.99. The predicted octanol–water partition coefficient (Wildman–Crippen LogP) is 6.63. The number of ether oxygens (including phenoxy) is 2. The monoisotopic (exact) mass is 508 g/mol. The van der Waals surface area contributed by atoms with E-state index in [1.54, 1.807) is 0 Å². The van der Waals surface area contributed by atoms with E-state index in [1.807, 2.05) is 80.7 Å². The average Bonchev–Trinajstić information content (AvgIpc) is 3.22. The van der Waals surface area contributed by atoms with Gasteiger partial charge in [-0.2, -0.15) is 0 Å². The molecule has 4 rings (SSSR count). The fourth-order valence-electron chi connectivity index (χ4n) is 3.95. The van der Waals surface area contributed by atoms with Crippen LogP contribution in [0.2, 0.25) is 0 Å². The van der Waals surface area contributed by atoms with Crippen molar-refractivity contribution in [2.24, 2.45) is 0 Å². The molecule has 1 N–H and O–H groups in total. The van der Waals surface area contributed by atoms with Crippen molar-refractivity contribution in [2.75, 3.05) is 13.2 Å². The van der Waals surface area contributed by atoms with E-state index in [-0.39, 0.29) is 11.5 Å². The van der Waals surface area contributed by atoms with Crippen molar-refractivity contribution in [1.29, 1.82) is 0 Å². The molecular formula is C26H25BrN2O4. The lowest BCUT2D eigenvalue weighted by Crippen LogP contribution is -2.14. The van der Waals surface area contributed by atoms with Crippen LogP contribution >= 0.6 is 15.9 Å². The molecule has 0 aliphatic rings. The molecule has 6 nitrogen and oxygen atoms in total. The standard InChI is InChI=1S/C26H25BrN2O4/c1-3-32-25-13-19(12-23(27)26(25)33-16-18-10-8-17(2)9-11-18)22(15-29(30)31)21-14-28-24-7-5-4-6-20(21)24/h4-14,22,28H,3,15-16H2,1-2H3/t22-/m1/s1. The van der Waals surface area contributed by atoms with Crippen LogP contribution in [0.25, 0.3) is 10.9 Å². The number of fused-ring (bicyclic) bond motifs is 1. The summed E-state index contributed by atoms with van der Waals surface area (Å²) in [4.78, 5) is 14.5. The molecule has 3 aromatic carbocycles. The SMILES string of the molecule is CCOc1cc([C@@H](C[N+](=O)[O-])c2c[nH]c3ccccc23)cc(Br)c1OCc1ccc(C)cc1. The van der Waals surface area contributed by atoms with Crippen LogP contribution in [0.1, 0.15) is 35.1 Å². The van der Waals surface area contributed by atoms with Gasteiger partial charge in [0.05, 0.1) is 17.0 Å². The molecule has 7 heteroatoms. The fraction of sp³-hybridized carbons (Fsp3) is 0.231. The minimum Gasteiger partial charge on any atom is -0.490 e. The summed E-state index contributed by atoms with van der Waals surface area (Å²) in [6.07, 6.45) is 1.86. The van der Waals surface area contributed by atoms with Gasteiger partial charge in [0, 0.05) is 22.0 Å². The van der Waals surface area contributed by atoms with E-state index in [1.165, 1.54) is 5.56 Å². The van der Waals surface area contributed by atoms with Gasteiger partial charge in [0.1, 0.15) is 6.61 Å². The van der Waals surface area contributed by atoms with Gasteiger partial charge >= 0.3 is 0 Å². The zero-order chi connectivity index (χ0) is 23.4. The maximum Gasteiger partial charge on any atom is 0.214 e. The van der Waals surface area contributed by atoms with E-state index in [9.17, 15) is 10.1 Å². The first-order valence-corrected chi connectivity index (χ1v) is 11.6. The summed E-state index contributed by atoms with van der Waals surface area (Å²) < 4.78 is 12.7. The number of hydrogen-bond acceptors (Lipinski definition) is 4. The Morgan fingerprint density at radius 3 is 2.58 bits per heavy atom. The summed E-state index contributed by atoms with van der Waals surface area (Å²) in [7, 11) is 0. The number of hydrogen-bond donors (Lipinski definition) is 1. The summed E-state index contributed by atoms with van der Waals surface area (Å²) in [6.45, 7) is 4.55. The van der Waals surface area contributed by atoms with Crippen LogP contribution in [-0.4, -0.2) is 23.1 Å². The second kappa shape index (κ2) is 10.1. The van der Waals surface area contributed by atoms with Crippen LogP contribution in [0, 0.1) is 17.0 Å². The number of para-hydroxylation sites is 1. The van der Waals surface area contributed by atoms with Gasteiger partial charge in [0.15, 0.2) is 11.5 Å². The highest BCUT2D eigenvalue weighted by atomic mass is 79.9. The maximum absolute atomic E-state index is 11.6. The van der Waals surface area contributed by atoms with Crippen LogP contribution in [0.3, 0.4) is 0 Å². The fourth-order valence-corrected chi connectivity index (χ4v) is 4.52. The molecule has 0 fully saturated rings. The van der Waals surface area contributed by atoms with Crippen LogP contribution < -0.4 is 9.47 Å².